The van der Waals surface area contributed by atoms with Crippen LogP contribution >= 0.6 is 23.2 Å². The van der Waals surface area contributed by atoms with Crippen molar-refractivity contribution >= 4 is 40.6 Å². The number of benzene rings is 2. The number of hydrogen-bond acceptors (Lipinski definition) is 8. The number of aromatic nitrogens is 2. The maximum absolute atomic E-state index is 15.3. The standard InChI is InChI=1S/C33H35Cl2FN6O3/c1-44-15-14-37-18-22-10-12-40-33(31(22)36)42-26-5-3-4-24(29(26)34)25-11-13-39-32(30(25)35)20-6-7-21(27(16-20)45-2)17-38-19-23-8-9-28(43)41-23/h3-7,10-13,16,23,37-38H,8-9,14-15,17-19H2,1-2H3,(H,40,42)(H,41,43)/t23-/m1/s1. The highest BCUT2D eigenvalue weighted by atomic mass is 35.5. The van der Waals surface area contributed by atoms with Gasteiger partial charge in [0.15, 0.2) is 11.6 Å². The SMILES string of the molecule is COCCNCc1ccnc(Nc2cccc(-c3ccnc(-c4ccc(CNC[C@H]5CCC(=O)N5)c(OC)c4)c3Cl)c2Cl)c1F. The zero-order chi connectivity index (χ0) is 31.8. The summed E-state index contributed by atoms with van der Waals surface area (Å²) in [7, 11) is 3.24. The predicted molar refractivity (Wildman–Crippen MR) is 176 cm³/mol. The van der Waals surface area contributed by atoms with Gasteiger partial charge in [0.25, 0.3) is 0 Å². The van der Waals surface area contributed by atoms with Gasteiger partial charge in [0.05, 0.1) is 35.1 Å². The van der Waals surface area contributed by atoms with Crippen molar-refractivity contribution in [2.45, 2.75) is 32.0 Å². The van der Waals surface area contributed by atoms with E-state index in [2.05, 4.69) is 31.2 Å². The number of nitrogens with one attached hydrogen (secondary N) is 4. The molecule has 5 rings (SSSR count). The van der Waals surface area contributed by atoms with E-state index in [9.17, 15) is 4.79 Å². The first kappa shape index (κ1) is 32.6. The van der Waals surface area contributed by atoms with E-state index in [1.54, 1.807) is 44.8 Å². The minimum atomic E-state index is -0.467. The average Bonchev–Trinajstić information content (AvgIpc) is 3.47. The number of anilines is 2. The van der Waals surface area contributed by atoms with Gasteiger partial charge in [-0.15, -0.1) is 0 Å². The van der Waals surface area contributed by atoms with Gasteiger partial charge in [-0.2, -0.15) is 0 Å². The van der Waals surface area contributed by atoms with Crippen LogP contribution in [0.1, 0.15) is 24.0 Å². The lowest BCUT2D eigenvalue weighted by atomic mass is 10.0. The van der Waals surface area contributed by atoms with Gasteiger partial charge >= 0.3 is 0 Å². The van der Waals surface area contributed by atoms with E-state index in [4.69, 9.17) is 32.7 Å². The summed E-state index contributed by atoms with van der Waals surface area (Å²) in [6.45, 7) is 2.72. The normalized spacial score (nSPS) is 14.4. The highest BCUT2D eigenvalue weighted by Crippen LogP contribution is 2.41. The molecule has 3 heterocycles. The summed E-state index contributed by atoms with van der Waals surface area (Å²) in [4.78, 5) is 20.2. The Morgan fingerprint density at radius 3 is 2.56 bits per heavy atom. The first-order chi connectivity index (χ1) is 21.9. The van der Waals surface area contributed by atoms with E-state index < -0.39 is 5.82 Å². The highest BCUT2D eigenvalue weighted by molar-refractivity contribution is 6.39. The van der Waals surface area contributed by atoms with Gasteiger partial charge in [0.2, 0.25) is 5.91 Å². The molecule has 1 fully saturated rings. The third-order valence-electron chi connectivity index (χ3n) is 7.55. The molecular formula is C33H35Cl2FN6O3. The lowest BCUT2D eigenvalue weighted by molar-refractivity contribution is -0.119. The number of halogens is 3. The predicted octanol–water partition coefficient (Wildman–Crippen LogP) is 6.11. The second kappa shape index (κ2) is 15.5. The van der Waals surface area contributed by atoms with Gasteiger partial charge in [-0.05, 0) is 30.7 Å². The number of hydrogen-bond donors (Lipinski definition) is 4. The molecule has 1 aliphatic heterocycles. The van der Waals surface area contributed by atoms with Crippen molar-refractivity contribution in [2.24, 2.45) is 0 Å². The van der Waals surface area contributed by atoms with Gasteiger partial charge in [0, 0.05) is 86.0 Å². The van der Waals surface area contributed by atoms with Gasteiger partial charge in [-0.25, -0.2) is 9.37 Å². The van der Waals surface area contributed by atoms with Crippen LogP contribution in [-0.2, 0) is 22.6 Å². The number of carbonyl (C=O) groups excluding carboxylic acids is 1. The highest BCUT2D eigenvalue weighted by Gasteiger charge is 2.21. The van der Waals surface area contributed by atoms with Gasteiger partial charge in [0.1, 0.15) is 5.75 Å². The number of ether oxygens (including phenoxy) is 2. The molecule has 0 unspecified atom stereocenters. The summed E-state index contributed by atoms with van der Waals surface area (Å²) in [5.41, 5.74) is 4.58. The summed E-state index contributed by atoms with van der Waals surface area (Å²) >= 11 is 13.8. The van der Waals surface area contributed by atoms with Gasteiger partial charge < -0.3 is 30.7 Å². The Morgan fingerprint density at radius 1 is 0.978 bits per heavy atom. The Balaban J connectivity index is 1.35. The van der Waals surface area contributed by atoms with Crippen molar-refractivity contribution in [3.05, 3.63) is 87.9 Å². The first-order valence-corrected chi connectivity index (χ1v) is 15.4. The molecule has 45 heavy (non-hydrogen) atoms. The number of pyridine rings is 2. The smallest absolute Gasteiger partial charge is 0.220 e. The Kier molecular flexibility index (Phi) is 11.2. The zero-order valence-electron chi connectivity index (χ0n) is 25.1. The fourth-order valence-electron chi connectivity index (χ4n) is 5.17. The number of amides is 1. The second-order valence-corrected chi connectivity index (χ2v) is 11.3. The molecule has 0 spiro atoms. The number of rotatable bonds is 14. The summed E-state index contributed by atoms with van der Waals surface area (Å²) < 4.78 is 26.0. The quantitative estimate of drug-likeness (QED) is 0.121. The molecule has 4 N–H and O–H groups in total. The molecule has 0 aliphatic carbocycles. The molecule has 1 aliphatic rings. The van der Waals surface area contributed by atoms with Crippen LogP contribution in [0.5, 0.6) is 5.75 Å². The van der Waals surface area contributed by atoms with Crippen molar-refractivity contribution in [3.8, 4) is 28.1 Å². The minimum absolute atomic E-state index is 0.0660. The van der Waals surface area contributed by atoms with E-state index in [1.807, 2.05) is 30.3 Å². The van der Waals surface area contributed by atoms with Gasteiger partial charge in [-0.3, -0.25) is 9.78 Å². The largest absolute Gasteiger partial charge is 0.496 e. The van der Waals surface area contributed by atoms with Crippen LogP contribution in [-0.4, -0.2) is 55.8 Å². The van der Waals surface area contributed by atoms with Crippen molar-refractivity contribution in [2.75, 3.05) is 39.2 Å². The number of methoxy groups -OCH3 is 2. The summed E-state index contributed by atoms with van der Waals surface area (Å²) in [5.74, 6) is 0.383. The fraction of sp³-hybridized carbons (Fsp3) is 0.303. The molecule has 1 saturated heterocycles. The topological polar surface area (TPSA) is 109 Å². The van der Waals surface area contributed by atoms with E-state index >= 15 is 4.39 Å². The Labute approximate surface area is 271 Å². The lowest BCUT2D eigenvalue weighted by Crippen LogP contribution is -2.35. The van der Waals surface area contributed by atoms with Crippen molar-refractivity contribution in [1.82, 2.24) is 25.9 Å². The Bertz CT molecular complexity index is 1660. The molecule has 2 aromatic carbocycles. The van der Waals surface area contributed by atoms with E-state index in [1.165, 1.54) is 0 Å². The molecule has 12 heteroatoms. The van der Waals surface area contributed by atoms with Crippen molar-refractivity contribution in [3.63, 3.8) is 0 Å². The average molecular weight is 654 g/mol. The van der Waals surface area contributed by atoms with Crippen LogP contribution in [0, 0.1) is 5.82 Å². The van der Waals surface area contributed by atoms with Crippen molar-refractivity contribution in [1.29, 1.82) is 0 Å². The monoisotopic (exact) mass is 652 g/mol. The van der Waals surface area contributed by atoms with Crippen LogP contribution < -0.4 is 26.0 Å². The number of nitrogens with zero attached hydrogens (tertiary/aromatic N) is 2. The van der Waals surface area contributed by atoms with E-state index in [0.717, 1.165) is 17.5 Å². The third kappa shape index (κ3) is 7.89. The summed E-state index contributed by atoms with van der Waals surface area (Å²) in [5, 5.41) is 13.3. The molecule has 0 bridgehead atoms. The van der Waals surface area contributed by atoms with Crippen LogP contribution in [0.3, 0.4) is 0 Å². The molecule has 9 nitrogen and oxygen atoms in total. The Morgan fingerprint density at radius 2 is 1.78 bits per heavy atom. The third-order valence-corrected chi connectivity index (χ3v) is 8.34. The van der Waals surface area contributed by atoms with Crippen LogP contribution in [0.2, 0.25) is 10.0 Å². The van der Waals surface area contributed by atoms with Crippen LogP contribution in [0.15, 0.2) is 60.9 Å². The first-order valence-electron chi connectivity index (χ1n) is 14.6. The minimum Gasteiger partial charge on any atom is -0.496 e. The van der Waals surface area contributed by atoms with Gasteiger partial charge in [-0.1, -0.05) is 47.5 Å². The van der Waals surface area contributed by atoms with Crippen molar-refractivity contribution < 1.29 is 18.7 Å². The number of carbonyl (C=O) groups is 1. The van der Waals surface area contributed by atoms with Crippen LogP contribution in [0.25, 0.3) is 22.4 Å². The zero-order valence-corrected chi connectivity index (χ0v) is 26.6. The molecule has 0 saturated carbocycles. The molecule has 4 aromatic rings. The van der Waals surface area contributed by atoms with Crippen LogP contribution in [0.4, 0.5) is 15.9 Å². The molecule has 0 radical (unpaired) electrons. The lowest BCUT2D eigenvalue weighted by Gasteiger charge is -2.16. The van der Waals surface area contributed by atoms with E-state index in [-0.39, 0.29) is 17.8 Å². The molecule has 2 aromatic heterocycles. The summed E-state index contributed by atoms with van der Waals surface area (Å²) in [6.07, 6.45) is 4.62. The fourth-order valence-corrected chi connectivity index (χ4v) is 5.77. The summed E-state index contributed by atoms with van der Waals surface area (Å²) in [6, 6.07) is 14.8. The van der Waals surface area contributed by atoms with E-state index in [0.29, 0.717) is 83.1 Å². The molecular weight excluding hydrogens is 618 g/mol. The maximum atomic E-state index is 15.3. The second-order valence-electron chi connectivity index (χ2n) is 10.6. The Hall–Kier alpha value is -3.80. The molecule has 1 atom stereocenters. The maximum Gasteiger partial charge on any atom is 0.220 e. The molecule has 236 valence electrons. The molecule has 1 amide bonds.